The Morgan fingerprint density at radius 3 is 2.23 bits per heavy atom. The Labute approximate surface area is 182 Å². The van der Waals surface area contributed by atoms with Gasteiger partial charge in [0, 0.05) is 0 Å². The Morgan fingerprint density at radius 1 is 0.968 bits per heavy atom. The molecule has 3 rings (SSSR count). The van der Waals surface area contributed by atoms with E-state index in [1.807, 2.05) is 20.8 Å². The number of phenols is 1. The molecular formula is C24H25NO5S. The van der Waals surface area contributed by atoms with Gasteiger partial charge in [-0.25, -0.2) is 17.5 Å². The number of carbonyl (C=O) groups is 1. The summed E-state index contributed by atoms with van der Waals surface area (Å²) < 4.78 is 33.7. The number of phenolic OH excluding ortho intramolecular Hbond substituents is 1. The summed E-state index contributed by atoms with van der Waals surface area (Å²) in [6.45, 7) is 5.78. The van der Waals surface area contributed by atoms with Crippen molar-refractivity contribution in [1.29, 1.82) is 0 Å². The minimum absolute atomic E-state index is 0.0144. The Hall–Kier alpha value is -3.32. The highest BCUT2D eigenvalue weighted by Crippen LogP contribution is 2.38. The van der Waals surface area contributed by atoms with Crippen LogP contribution in [0.5, 0.6) is 5.75 Å². The van der Waals surface area contributed by atoms with Crippen LogP contribution in [0.3, 0.4) is 0 Å². The van der Waals surface area contributed by atoms with Crippen molar-refractivity contribution < 1.29 is 23.1 Å². The van der Waals surface area contributed by atoms with Crippen LogP contribution in [-0.4, -0.2) is 26.1 Å². The first-order valence-electron chi connectivity index (χ1n) is 9.88. The maximum Gasteiger partial charge on any atom is 0.344 e. The van der Waals surface area contributed by atoms with Crippen molar-refractivity contribution in [2.75, 3.05) is 10.9 Å². The predicted octanol–water partition coefficient (Wildman–Crippen LogP) is 5.04. The smallest absolute Gasteiger partial charge is 0.344 e. The van der Waals surface area contributed by atoms with Crippen LogP contribution in [-0.2, 0) is 14.8 Å². The van der Waals surface area contributed by atoms with Gasteiger partial charge >= 0.3 is 5.97 Å². The third-order valence-electron chi connectivity index (χ3n) is 4.54. The van der Waals surface area contributed by atoms with Crippen LogP contribution in [0.25, 0.3) is 0 Å². The third-order valence-corrected chi connectivity index (χ3v) is 6.30. The molecule has 0 amide bonds. The molecule has 0 atom stereocenters. The van der Waals surface area contributed by atoms with Crippen LogP contribution in [0.1, 0.15) is 29.8 Å². The number of nitrogens with zero attached hydrogens (tertiary/aromatic N) is 1. The molecule has 3 aromatic carbocycles. The van der Waals surface area contributed by atoms with Crippen LogP contribution in [0.4, 0.5) is 11.4 Å². The molecule has 0 radical (unpaired) electrons. The first kappa shape index (κ1) is 22.4. The van der Waals surface area contributed by atoms with Crippen LogP contribution >= 0.6 is 0 Å². The molecule has 1 N–H and O–H groups in total. The van der Waals surface area contributed by atoms with Gasteiger partial charge in [0.2, 0.25) is 0 Å². The first-order valence-corrected chi connectivity index (χ1v) is 11.3. The van der Waals surface area contributed by atoms with E-state index in [1.54, 1.807) is 42.5 Å². The van der Waals surface area contributed by atoms with E-state index in [2.05, 4.69) is 0 Å². The lowest BCUT2D eigenvalue weighted by molar-refractivity contribution is 0.0457. The van der Waals surface area contributed by atoms with Gasteiger partial charge in [0.05, 0.1) is 22.9 Å². The van der Waals surface area contributed by atoms with Crippen molar-refractivity contribution in [3.05, 3.63) is 83.9 Å². The zero-order chi connectivity index (χ0) is 22.6. The largest absolute Gasteiger partial charge is 0.507 e. The summed E-state index contributed by atoms with van der Waals surface area (Å²) >= 11 is 0. The van der Waals surface area contributed by atoms with E-state index in [4.69, 9.17) is 4.74 Å². The van der Waals surface area contributed by atoms with Crippen molar-refractivity contribution in [2.24, 2.45) is 5.92 Å². The molecule has 0 aliphatic heterocycles. The zero-order valence-corrected chi connectivity index (χ0v) is 18.5. The van der Waals surface area contributed by atoms with Gasteiger partial charge in [0.1, 0.15) is 11.3 Å². The fourth-order valence-electron chi connectivity index (χ4n) is 3.01. The number of para-hydroxylation sites is 1. The monoisotopic (exact) mass is 439 g/mol. The number of aromatic hydroxyl groups is 1. The lowest BCUT2D eigenvalue weighted by atomic mass is 10.1. The van der Waals surface area contributed by atoms with E-state index in [9.17, 15) is 18.3 Å². The molecular weight excluding hydrogens is 414 g/mol. The van der Waals surface area contributed by atoms with Crippen LogP contribution in [0.15, 0.2) is 77.7 Å². The van der Waals surface area contributed by atoms with Crippen molar-refractivity contribution in [3.63, 3.8) is 0 Å². The molecule has 7 heteroatoms. The molecule has 0 spiro atoms. The maximum atomic E-state index is 13.7. The number of hydrogen-bond acceptors (Lipinski definition) is 5. The van der Waals surface area contributed by atoms with E-state index >= 15 is 0 Å². The minimum atomic E-state index is -4.11. The van der Waals surface area contributed by atoms with E-state index < -0.39 is 16.0 Å². The molecule has 0 aromatic heterocycles. The molecule has 0 aliphatic rings. The normalized spacial score (nSPS) is 11.4. The molecule has 162 valence electrons. The van der Waals surface area contributed by atoms with E-state index in [1.165, 1.54) is 30.3 Å². The molecule has 0 aliphatic carbocycles. The second kappa shape index (κ2) is 9.22. The number of rotatable bonds is 7. The van der Waals surface area contributed by atoms with Crippen molar-refractivity contribution in [2.45, 2.75) is 25.7 Å². The molecule has 0 saturated carbocycles. The number of benzene rings is 3. The molecule has 0 saturated heterocycles. The Morgan fingerprint density at radius 2 is 1.61 bits per heavy atom. The van der Waals surface area contributed by atoms with Crippen molar-refractivity contribution in [3.8, 4) is 5.75 Å². The zero-order valence-electron chi connectivity index (χ0n) is 17.6. The van der Waals surface area contributed by atoms with Gasteiger partial charge in [-0.1, -0.05) is 55.8 Å². The molecule has 3 aromatic rings. The lowest BCUT2D eigenvalue weighted by Gasteiger charge is -2.26. The number of anilines is 2. The van der Waals surface area contributed by atoms with E-state index in [0.29, 0.717) is 5.69 Å². The molecule has 31 heavy (non-hydrogen) atoms. The standard InChI is InChI=1S/C24H25NO5S/c1-17(2)16-30-24(27)23-21(10-7-11-22(23)26)25(19-8-5-4-6-9-19)31(28,29)20-14-12-18(3)13-15-20/h4-15,17,26H,16H2,1-3H3. The first-order chi connectivity index (χ1) is 14.7. The molecule has 6 nitrogen and oxygen atoms in total. The average Bonchev–Trinajstić information content (AvgIpc) is 2.73. The quantitative estimate of drug-likeness (QED) is 0.522. The number of carbonyl (C=O) groups excluding carboxylic acids is 1. The summed E-state index contributed by atoms with van der Waals surface area (Å²) in [5.41, 5.74) is 1.05. The fourth-order valence-corrected chi connectivity index (χ4v) is 4.51. The maximum absolute atomic E-state index is 13.7. The lowest BCUT2D eigenvalue weighted by Crippen LogP contribution is -2.28. The summed E-state index contributed by atoms with van der Waals surface area (Å²) in [5.74, 6) is -1.06. The fraction of sp³-hybridized carbons (Fsp3) is 0.208. The molecule has 0 heterocycles. The van der Waals surface area contributed by atoms with Gasteiger partial charge in [0.15, 0.2) is 0 Å². The van der Waals surface area contributed by atoms with E-state index in [0.717, 1.165) is 9.87 Å². The summed E-state index contributed by atoms with van der Waals surface area (Å²) in [5, 5.41) is 10.5. The molecule has 0 fully saturated rings. The van der Waals surface area contributed by atoms with Crippen molar-refractivity contribution in [1.82, 2.24) is 0 Å². The highest BCUT2D eigenvalue weighted by atomic mass is 32.2. The minimum Gasteiger partial charge on any atom is -0.507 e. The number of esters is 1. The molecule has 0 bridgehead atoms. The van der Waals surface area contributed by atoms with Crippen molar-refractivity contribution >= 4 is 27.4 Å². The third kappa shape index (κ3) is 4.88. The summed E-state index contributed by atoms with van der Waals surface area (Å²) in [4.78, 5) is 12.9. The number of aryl methyl sites for hydroxylation is 1. The van der Waals surface area contributed by atoms with Gasteiger partial charge in [-0.15, -0.1) is 0 Å². The van der Waals surface area contributed by atoms with Crippen LogP contribution in [0, 0.1) is 12.8 Å². The number of sulfonamides is 1. The van der Waals surface area contributed by atoms with Gasteiger partial charge in [0.25, 0.3) is 10.0 Å². The molecule has 0 unspecified atom stereocenters. The summed E-state index contributed by atoms with van der Waals surface area (Å²) in [6, 6.07) is 19.1. The van der Waals surface area contributed by atoms with E-state index in [-0.39, 0.29) is 34.4 Å². The highest BCUT2D eigenvalue weighted by Gasteiger charge is 2.32. The Bertz CT molecular complexity index is 1160. The SMILES string of the molecule is Cc1ccc(S(=O)(=O)N(c2ccccc2)c2cccc(O)c2C(=O)OCC(C)C)cc1. The Kier molecular flexibility index (Phi) is 6.65. The topological polar surface area (TPSA) is 83.9 Å². The summed E-state index contributed by atoms with van der Waals surface area (Å²) in [6.07, 6.45) is 0. The van der Waals surface area contributed by atoms with Gasteiger partial charge in [-0.05, 0) is 49.2 Å². The van der Waals surface area contributed by atoms with Gasteiger partial charge in [-0.3, -0.25) is 0 Å². The predicted molar refractivity (Wildman–Crippen MR) is 120 cm³/mol. The average molecular weight is 440 g/mol. The Balaban J connectivity index is 2.22. The van der Waals surface area contributed by atoms with Gasteiger partial charge in [-0.2, -0.15) is 0 Å². The summed E-state index contributed by atoms with van der Waals surface area (Å²) in [7, 11) is -4.11. The van der Waals surface area contributed by atoms with Gasteiger partial charge < -0.3 is 9.84 Å². The number of hydrogen-bond donors (Lipinski definition) is 1. The van der Waals surface area contributed by atoms with Crippen LogP contribution in [0.2, 0.25) is 0 Å². The van der Waals surface area contributed by atoms with Crippen LogP contribution < -0.4 is 4.31 Å². The number of ether oxygens (including phenoxy) is 1. The second-order valence-electron chi connectivity index (χ2n) is 7.58. The highest BCUT2D eigenvalue weighted by molar-refractivity contribution is 7.93. The second-order valence-corrected chi connectivity index (χ2v) is 9.37.